The van der Waals surface area contributed by atoms with Crippen molar-refractivity contribution in [2.75, 3.05) is 26.3 Å². The number of nitrogens with two attached hydrogens (primary N) is 1. The fraction of sp³-hybridized carbons (Fsp3) is 0.467. The summed E-state index contributed by atoms with van der Waals surface area (Å²) < 4.78 is 5.35. The number of carbonyl (C=O) groups excluding carboxylic acids is 1. The Morgan fingerprint density at radius 3 is 3.10 bits per heavy atom. The van der Waals surface area contributed by atoms with Crippen LogP contribution in [0.3, 0.4) is 0 Å². The Kier molecular flexibility index (Phi) is 8.04. The summed E-state index contributed by atoms with van der Waals surface area (Å²) in [6.07, 6.45) is 4.95. The number of ether oxygens (including phenoxy) is 1. The predicted octanol–water partition coefficient (Wildman–Crippen LogP) is 0.938. The van der Waals surface area contributed by atoms with Crippen molar-refractivity contribution in [1.29, 1.82) is 0 Å². The summed E-state index contributed by atoms with van der Waals surface area (Å²) in [5, 5.41) is 2.85. The average molecular weight is 275 g/mol. The molecule has 0 saturated carbocycles. The molecule has 20 heavy (non-hydrogen) atoms. The molecule has 0 radical (unpaired) electrons. The molecule has 0 fully saturated rings. The third-order valence-corrected chi connectivity index (χ3v) is 2.49. The zero-order valence-corrected chi connectivity index (χ0v) is 11.8. The SMILES string of the molecule is CCCOCCCNC(=O)c1ccncc1C#CCN. The van der Waals surface area contributed by atoms with Gasteiger partial charge < -0.3 is 15.8 Å². The van der Waals surface area contributed by atoms with E-state index in [1.165, 1.54) is 0 Å². The molecule has 1 rings (SSSR count). The minimum atomic E-state index is -0.149. The summed E-state index contributed by atoms with van der Waals surface area (Å²) in [5.41, 5.74) is 6.45. The second kappa shape index (κ2) is 9.96. The van der Waals surface area contributed by atoms with Crippen molar-refractivity contribution in [3.63, 3.8) is 0 Å². The third kappa shape index (κ3) is 5.83. The molecule has 0 aliphatic carbocycles. The van der Waals surface area contributed by atoms with Crippen molar-refractivity contribution >= 4 is 5.91 Å². The maximum Gasteiger partial charge on any atom is 0.252 e. The van der Waals surface area contributed by atoms with E-state index in [2.05, 4.69) is 29.1 Å². The van der Waals surface area contributed by atoms with E-state index in [4.69, 9.17) is 10.5 Å². The highest BCUT2D eigenvalue weighted by Gasteiger charge is 2.09. The van der Waals surface area contributed by atoms with E-state index in [0.717, 1.165) is 19.4 Å². The third-order valence-electron chi connectivity index (χ3n) is 2.49. The van der Waals surface area contributed by atoms with E-state index >= 15 is 0 Å². The highest BCUT2D eigenvalue weighted by Crippen LogP contribution is 2.05. The number of hydrogen-bond donors (Lipinski definition) is 2. The second-order valence-electron chi connectivity index (χ2n) is 4.15. The zero-order chi connectivity index (χ0) is 14.6. The van der Waals surface area contributed by atoms with Crippen molar-refractivity contribution in [2.45, 2.75) is 19.8 Å². The lowest BCUT2D eigenvalue weighted by Gasteiger charge is -2.07. The highest BCUT2D eigenvalue weighted by molar-refractivity contribution is 5.96. The fourth-order valence-electron chi connectivity index (χ4n) is 1.56. The first-order valence-electron chi connectivity index (χ1n) is 6.78. The minimum Gasteiger partial charge on any atom is -0.381 e. The molecule has 1 aromatic heterocycles. The largest absolute Gasteiger partial charge is 0.381 e. The van der Waals surface area contributed by atoms with Gasteiger partial charge in [0.05, 0.1) is 17.7 Å². The van der Waals surface area contributed by atoms with Crippen LogP contribution in [-0.2, 0) is 4.74 Å². The summed E-state index contributed by atoms with van der Waals surface area (Å²) in [4.78, 5) is 16.0. The Hall–Kier alpha value is -1.90. The summed E-state index contributed by atoms with van der Waals surface area (Å²) in [6, 6.07) is 1.66. The molecule has 0 saturated heterocycles. The lowest BCUT2D eigenvalue weighted by molar-refractivity contribution is 0.0941. The number of hydrogen-bond acceptors (Lipinski definition) is 4. The Balaban J connectivity index is 2.47. The molecule has 0 bridgehead atoms. The number of nitrogens with zero attached hydrogens (tertiary/aromatic N) is 1. The smallest absolute Gasteiger partial charge is 0.252 e. The van der Waals surface area contributed by atoms with E-state index < -0.39 is 0 Å². The van der Waals surface area contributed by atoms with Crippen LogP contribution < -0.4 is 11.1 Å². The number of aromatic nitrogens is 1. The maximum atomic E-state index is 12.0. The maximum absolute atomic E-state index is 12.0. The molecule has 3 N–H and O–H groups in total. The molecule has 1 aromatic rings. The summed E-state index contributed by atoms with van der Waals surface area (Å²) in [6.45, 7) is 4.32. The lowest BCUT2D eigenvalue weighted by atomic mass is 10.1. The van der Waals surface area contributed by atoms with Gasteiger partial charge in [0, 0.05) is 32.2 Å². The number of carbonyl (C=O) groups is 1. The first-order chi connectivity index (χ1) is 9.79. The van der Waals surface area contributed by atoms with Gasteiger partial charge in [0.2, 0.25) is 0 Å². The summed E-state index contributed by atoms with van der Waals surface area (Å²) in [5.74, 6) is 5.43. The van der Waals surface area contributed by atoms with E-state index in [0.29, 0.717) is 24.3 Å². The van der Waals surface area contributed by atoms with E-state index in [-0.39, 0.29) is 12.5 Å². The summed E-state index contributed by atoms with van der Waals surface area (Å²) in [7, 11) is 0. The van der Waals surface area contributed by atoms with Gasteiger partial charge in [0.25, 0.3) is 5.91 Å². The molecule has 0 aromatic carbocycles. The number of pyridine rings is 1. The molecule has 1 heterocycles. The molecule has 0 atom stereocenters. The van der Waals surface area contributed by atoms with E-state index in [1.54, 1.807) is 18.5 Å². The Morgan fingerprint density at radius 1 is 1.50 bits per heavy atom. The second-order valence-corrected chi connectivity index (χ2v) is 4.15. The first-order valence-corrected chi connectivity index (χ1v) is 6.78. The van der Waals surface area contributed by atoms with Crippen molar-refractivity contribution in [1.82, 2.24) is 10.3 Å². The minimum absolute atomic E-state index is 0.149. The average Bonchev–Trinajstić information content (AvgIpc) is 2.48. The predicted molar refractivity (Wildman–Crippen MR) is 78.2 cm³/mol. The van der Waals surface area contributed by atoms with E-state index in [9.17, 15) is 4.79 Å². The molecule has 0 aliphatic rings. The van der Waals surface area contributed by atoms with Gasteiger partial charge in [-0.15, -0.1) is 0 Å². The topological polar surface area (TPSA) is 77.2 Å². The quantitative estimate of drug-likeness (QED) is 0.573. The van der Waals surface area contributed by atoms with Crippen molar-refractivity contribution < 1.29 is 9.53 Å². The Labute approximate surface area is 119 Å². The molecular formula is C15H21N3O2. The van der Waals surface area contributed by atoms with Gasteiger partial charge in [-0.05, 0) is 18.9 Å². The van der Waals surface area contributed by atoms with Crippen LogP contribution in [0.15, 0.2) is 18.5 Å². The van der Waals surface area contributed by atoms with Gasteiger partial charge in [-0.25, -0.2) is 0 Å². The lowest BCUT2D eigenvalue weighted by Crippen LogP contribution is -2.26. The van der Waals surface area contributed by atoms with Crippen LogP contribution in [0.25, 0.3) is 0 Å². The molecule has 108 valence electrons. The monoisotopic (exact) mass is 275 g/mol. The molecular weight excluding hydrogens is 254 g/mol. The van der Waals surface area contributed by atoms with E-state index in [1.807, 2.05) is 0 Å². The first kappa shape index (κ1) is 16.2. The van der Waals surface area contributed by atoms with Gasteiger partial charge in [0.15, 0.2) is 0 Å². The molecule has 0 unspecified atom stereocenters. The van der Waals surface area contributed by atoms with Crippen molar-refractivity contribution in [3.05, 3.63) is 29.6 Å². The Bertz CT molecular complexity index is 477. The zero-order valence-electron chi connectivity index (χ0n) is 11.8. The van der Waals surface area contributed by atoms with Crippen LogP contribution in [0.5, 0.6) is 0 Å². The van der Waals surface area contributed by atoms with Gasteiger partial charge >= 0.3 is 0 Å². The van der Waals surface area contributed by atoms with Crippen molar-refractivity contribution in [3.8, 4) is 11.8 Å². The van der Waals surface area contributed by atoms with Crippen LogP contribution in [0.4, 0.5) is 0 Å². The number of amides is 1. The van der Waals surface area contributed by atoms with Crippen LogP contribution >= 0.6 is 0 Å². The number of nitrogens with one attached hydrogen (secondary N) is 1. The molecule has 5 nitrogen and oxygen atoms in total. The fourth-order valence-corrected chi connectivity index (χ4v) is 1.56. The van der Waals surface area contributed by atoms with Gasteiger partial charge in [-0.2, -0.15) is 0 Å². The van der Waals surface area contributed by atoms with Gasteiger partial charge in [-0.1, -0.05) is 18.8 Å². The van der Waals surface area contributed by atoms with Crippen LogP contribution in [0.2, 0.25) is 0 Å². The normalized spacial score (nSPS) is 9.70. The molecule has 0 aliphatic heterocycles. The number of rotatable bonds is 7. The highest BCUT2D eigenvalue weighted by atomic mass is 16.5. The van der Waals surface area contributed by atoms with Crippen LogP contribution in [-0.4, -0.2) is 37.2 Å². The molecule has 5 heteroatoms. The van der Waals surface area contributed by atoms with Crippen LogP contribution in [0, 0.1) is 11.8 Å². The molecule has 0 spiro atoms. The van der Waals surface area contributed by atoms with Gasteiger partial charge in [-0.3, -0.25) is 9.78 Å². The standard InChI is InChI=1S/C15H21N3O2/c1-2-10-20-11-4-8-18-15(19)14-6-9-17-12-13(14)5-3-7-16/h6,9,12H,2,4,7-8,10-11,16H2,1H3,(H,18,19). The molecule has 1 amide bonds. The van der Waals surface area contributed by atoms with Crippen molar-refractivity contribution in [2.24, 2.45) is 5.73 Å². The summed E-state index contributed by atoms with van der Waals surface area (Å²) >= 11 is 0. The van der Waals surface area contributed by atoms with Crippen LogP contribution in [0.1, 0.15) is 35.7 Å². The Morgan fingerprint density at radius 2 is 2.35 bits per heavy atom. The van der Waals surface area contributed by atoms with Gasteiger partial charge in [0.1, 0.15) is 0 Å².